The average Bonchev–Trinajstić information content (AvgIpc) is 4.05. The van der Waals surface area contributed by atoms with Gasteiger partial charge in [0.2, 0.25) is 35.4 Å². The molecular weight excluding hydrogens is 1110 g/mol. The third-order valence-electron chi connectivity index (χ3n) is 16.6. The summed E-state index contributed by atoms with van der Waals surface area (Å²) >= 11 is 0. The van der Waals surface area contributed by atoms with Gasteiger partial charge >= 0.3 is 0 Å². The van der Waals surface area contributed by atoms with Crippen molar-refractivity contribution in [3.63, 3.8) is 0 Å². The monoisotopic (exact) mass is 1190 g/mol. The van der Waals surface area contributed by atoms with E-state index in [1.54, 1.807) is 24.3 Å². The Morgan fingerprint density at radius 2 is 1.34 bits per heavy atom. The first-order chi connectivity index (χ1) is 41.1. The van der Waals surface area contributed by atoms with Crippen LogP contribution in [-0.4, -0.2) is 208 Å². The van der Waals surface area contributed by atoms with E-state index >= 15 is 0 Å². The van der Waals surface area contributed by atoms with Gasteiger partial charge in [-0.1, -0.05) is 69.4 Å². The van der Waals surface area contributed by atoms with Gasteiger partial charge < -0.3 is 78.9 Å². The van der Waals surface area contributed by atoms with Crippen LogP contribution in [0, 0.1) is 0 Å². The number of phenols is 1. The number of Topliss-reactive ketones (excluding diaryl/α,β-unsaturated/α-hetero) is 1. The number of fused-ring (bicyclic) bond motifs is 2. The van der Waals surface area contributed by atoms with Crippen LogP contribution >= 0.6 is 0 Å². The molecule has 3 aromatic rings. The van der Waals surface area contributed by atoms with Crippen LogP contribution in [-0.2, 0) is 35.2 Å². The quantitative estimate of drug-likeness (QED) is 0.0319. The van der Waals surface area contributed by atoms with E-state index in [9.17, 15) is 58.8 Å². The number of anilines is 1. The molecule has 0 saturated carbocycles. The molecule has 4 aliphatic rings. The maximum atomic E-state index is 14.6. The summed E-state index contributed by atoms with van der Waals surface area (Å²) in [6.45, 7) is 8.60. The van der Waals surface area contributed by atoms with E-state index in [2.05, 4.69) is 60.4 Å². The largest absolute Gasteiger partial charge is 0.507 e. The fourth-order valence-electron chi connectivity index (χ4n) is 11.6. The van der Waals surface area contributed by atoms with Gasteiger partial charge in [0.05, 0.1) is 36.5 Å². The highest BCUT2D eigenvalue weighted by molar-refractivity contribution is 6.01. The molecule has 15 N–H and O–H groups in total. The molecule has 4 saturated heterocycles. The van der Waals surface area contributed by atoms with Crippen LogP contribution in [0.1, 0.15) is 118 Å². The highest BCUT2D eigenvalue weighted by Gasteiger charge is 2.46. The first kappa shape index (κ1) is 65.8. The fraction of sp³-hybridized carbons (Fsp3) is 0.557. The van der Waals surface area contributed by atoms with E-state index in [1.165, 1.54) is 70.6 Å². The summed E-state index contributed by atoms with van der Waals surface area (Å²) < 4.78 is 0. The van der Waals surface area contributed by atoms with E-state index in [0.717, 1.165) is 59.3 Å². The molecule has 0 unspecified atom stereocenters. The second kappa shape index (κ2) is 31.1. The second-order valence-electron chi connectivity index (χ2n) is 23.1. The van der Waals surface area contributed by atoms with Crippen molar-refractivity contribution in [2.75, 3.05) is 63.8 Å². The maximum absolute atomic E-state index is 14.6. The Kier molecular flexibility index (Phi) is 23.8. The first-order valence-corrected chi connectivity index (χ1v) is 30.1. The molecular formula is C61H87N13O12. The molecule has 86 heavy (non-hydrogen) atoms. The Bertz CT molecular complexity index is 2880. The van der Waals surface area contributed by atoms with Gasteiger partial charge in [0.15, 0.2) is 11.7 Å². The Morgan fingerprint density at radius 3 is 1.97 bits per heavy atom. The van der Waals surface area contributed by atoms with Gasteiger partial charge in [-0.15, -0.1) is 0 Å². The number of aromatic hydroxyl groups is 1. The van der Waals surface area contributed by atoms with Crippen molar-refractivity contribution < 1.29 is 58.8 Å². The summed E-state index contributed by atoms with van der Waals surface area (Å²) in [6.07, 6.45) is 2.45. The minimum Gasteiger partial charge on any atom is -0.507 e. The number of aliphatic hydroxyl groups is 3. The number of aliphatic imine (C=N–C) groups is 1. The van der Waals surface area contributed by atoms with Crippen molar-refractivity contribution in [3.8, 4) is 16.9 Å². The number of hydrogen-bond donors (Lipinski definition) is 12. The molecule has 4 heterocycles. The zero-order chi connectivity index (χ0) is 62.2. The van der Waals surface area contributed by atoms with Crippen LogP contribution in [0.5, 0.6) is 5.75 Å². The average molecular weight is 1190 g/mol. The summed E-state index contributed by atoms with van der Waals surface area (Å²) in [7, 11) is 0. The number of carbonyl (C=O) groups is 8. The number of guanidine groups is 1. The Balaban J connectivity index is 1.11. The molecule has 25 heteroatoms. The summed E-state index contributed by atoms with van der Waals surface area (Å²) in [6, 6.07) is 9.32. The van der Waals surface area contributed by atoms with Crippen molar-refractivity contribution in [2.24, 2.45) is 22.2 Å². The van der Waals surface area contributed by atoms with E-state index < -0.39 is 121 Å². The van der Waals surface area contributed by atoms with Crippen LogP contribution in [0.15, 0.2) is 71.7 Å². The van der Waals surface area contributed by atoms with Crippen LogP contribution in [0.25, 0.3) is 11.1 Å². The summed E-state index contributed by atoms with van der Waals surface area (Å²) in [5, 5.41) is 56.9. The molecule has 4 aliphatic heterocycles. The summed E-state index contributed by atoms with van der Waals surface area (Å²) in [5.41, 5.74) is 20.5. The number of nitrogens with one attached hydrogen (secondary N) is 5. The molecule has 468 valence electrons. The number of benzene rings is 3. The second-order valence-corrected chi connectivity index (χ2v) is 23.1. The SMILES string of the molecule is CCCCCCCCN1CCN(c2ccc(-c3ccc(C(=O)N[C@H]4CCCNC(=O)[C@@H]5C[C@H](N=C(N)N)CN5C(=O)[C@H]([C@@H](C)O)NC(=O)[C@H](CCc5ccc(O)c(C(=O)CN)c5)NC(=O)[C@@H]5C[C@@H](O)CN5C(=O)[C@H]([C@@H](C)O)NC4=O)cc3)cc2)CC1. The molecule has 4 fully saturated rings. The van der Waals surface area contributed by atoms with E-state index in [-0.39, 0.29) is 74.5 Å². The number of piperazine rings is 1. The third-order valence-corrected chi connectivity index (χ3v) is 16.6. The number of rotatable bonds is 19. The van der Waals surface area contributed by atoms with E-state index in [4.69, 9.17) is 17.2 Å². The van der Waals surface area contributed by atoms with Crippen LogP contribution < -0.4 is 48.7 Å². The summed E-state index contributed by atoms with van der Waals surface area (Å²) in [4.78, 5) is 125. The highest BCUT2D eigenvalue weighted by Crippen LogP contribution is 2.28. The van der Waals surface area contributed by atoms with Crippen LogP contribution in [0.2, 0.25) is 0 Å². The van der Waals surface area contributed by atoms with Gasteiger partial charge in [-0.25, -0.2) is 4.99 Å². The number of aryl methyl sites for hydroxylation is 1. The lowest BCUT2D eigenvalue weighted by Gasteiger charge is -2.36. The molecule has 25 nitrogen and oxygen atoms in total. The minimum absolute atomic E-state index is 0.0350. The van der Waals surface area contributed by atoms with E-state index in [1.807, 2.05) is 12.1 Å². The molecule has 0 aliphatic carbocycles. The molecule has 10 atom stereocenters. The van der Waals surface area contributed by atoms with Gasteiger partial charge in [0.1, 0.15) is 42.0 Å². The van der Waals surface area contributed by atoms with Gasteiger partial charge in [0.25, 0.3) is 5.91 Å². The number of unbranched alkanes of at least 4 members (excludes halogenated alkanes) is 5. The predicted octanol–water partition coefficient (Wildman–Crippen LogP) is -0.255. The van der Waals surface area contributed by atoms with E-state index in [0.29, 0.717) is 5.56 Å². The lowest BCUT2D eigenvalue weighted by Crippen LogP contribution is -2.61. The number of hydrogen-bond acceptors (Lipinski definition) is 16. The lowest BCUT2D eigenvalue weighted by atomic mass is 9.99. The Morgan fingerprint density at radius 1 is 0.733 bits per heavy atom. The van der Waals surface area contributed by atoms with Gasteiger partial charge in [-0.2, -0.15) is 0 Å². The maximum Gasteiger partial charge on any atom is 0.251 e. The molecule has 7 amide bonds. The number of nitrogens with zero attached hydrogens (tertiary/aromatic N) is 5. The Labute approximate surface area is 501 Å². The fourth-order valence-corrected chi connectivity index (χ4v) is 11.6. The number of ketones is 1. The number of nitrogens with two attached hydrogens (primary N) is 3. The van der Waals surface area contributed by atoms with Crippen LogP contribution in [0.3, 0.4) is 0 Å². The zero-order valence-corrected chi connectivity index (χ0v) is 49.5. The number of amides is 7. The van der Waals surface area contributed by atoms with Gasteiger partial charge in [0, 0.05) is 69.9 Å². The van der Waals surface area contributed by atoms with Gasteiger partial charge in [-0.3, -0.25) is 43.3 Å². The highest BCUT2D eigenvalue weighted by atomic mass is 16.3. The molecule has 0 spiro atoms. The first-order valence-electron chi connectivity index (χ1n) is 30.1. The van der Waals surface area contributed by atoms with Crippen molar-refractivity contribution >= 4 is 58.8 Å². The summed E-state index contributed by atoms with van der Waals surface area (Å²) in [5.74, 6) is -7.25. The van der Waals surface area contributed by atoms with Crippen molar-refractivity contribution in [3.05, 3.63) is 83.4 Å². The topological polar surface area (TPSA) is 381 Å². The van der Waals surface area contributed by atoms with Gasteiger partial charge in [-0.05, 0) is 106 Å². The molecule has 3 aromatic carbocycles. The molecule has 0 bridgehead atoms. The third kappa shape index (κ3) is 17.5. The standard InChI is InChI=1S/C61H87N13O12/c1-4-5-6-7-8-9-25-71-26-28-72(29-27-71)43-20-18-40(19-21-43)39-14-16-41(17-15-39)54(80)67-46-11-10-24-65-57(83)48-31-42(66-61(63)64)34-73(48)59(85)52(36(2)75)70-56(82)47(22-12-38-13-23-50(78)45(30-38)51(79)33-62)68-58(84)49-32-44(77)35-74(49)60(86)53(37(3)76)69-55(46)81/h13-21,23,30,36-37,42,44,46-49,52-53,75-78H,4-12,22,24-29,31-35,62H2,1-3H3,(H,65,83)(H,67,80)(H,68,84)(H,69,81)(H,70,82)(H4,63,64,66)/t36-,37-,42+,44-,46+,47+,48+,49+,52+,53+/m1/s1. The molecule has 7 rings (SSSR count). The molecule has 0 aromatic heterocycles. The van der Waals surface area contributed by atoms with Crippen LogP contribution in [0.4, 0.5) is 5.69 Å². The van der Waals surface area contributed by atoms with Crippen molar-refractivity contribution in [1.82, 2.24) is 41.3 Å². The normalized spacial score (nSPS) is 24.7. The number of phenolic OH excluding ortho intramolecular Hbond substituents is 1. The number of carbonyl (C=O) groups excluding carboxylic acids is 8. The lowest BCUT2D eigenvalue weighted by molar-refractivity contribution is -0.145. The van der Waals surface area contributed by atoms with Crippen molar-refractivity contribution in [1.29, 1.82) is 0 Å². The smallest absolute Gasteiger partial charge is 0.251 e. The Hall–Kier alpha value is -7.71. The molecule has 0 radical (unpaired) electrons. The number of aliphatic hydroxyl groups excluding tert-OH is 3. The predicted molar refractivity (Wildman–Crippen MR) is 322 cm³/mol. The zero-order valence-electron chi connectivity index (χ0n) is 49.5. The van der Waals surface area contributed by atoms with Crippen molar-refractivity contribution in [2.45, 2.75) is 158 Å². The minimum atomic E-state index is -1.73.